The molecule has 2 aliphatic rings. The second-order valence-electron chi connectivity index (χ2n) is 3.65. The average molecular weight is 172 g/mol. The molecule has 0 spiro atoms. The Morgan fingerprint density at radius 3 is 2.00 bits per heavy atom. The largest absolute Gasteiger partial charge is 0.381 e. The molecule has 0 aromatic carbocycles. The summed E-state index contributed by atoms with van der Waals surface area (Å²) in [6, 6.07) is 0. The molecule has 2 N–H and O–H groups in total. The molecule has 72 valence electrons. The van der Waals surface area contributed by atoms with Crippen LogP contribution in [0.5, 0.6) is 0 Å². The summed E-state index contributed by atoms with van der Waals surface area (Å²) in [4.78, 5) is 2.36. The van der Waals surface area contributed by atoms with E-state index in [1.165, 1.54) is 25.9 Å². The van der Waals surface area contributed by atoms with Crippen molar-refractivity contribution in [2.24, 2.45) is 11.7 Å². The SMILES string of the molecule is CN1CCCC1.NCC1COC1. The first kappa shape index (κ1) is 9.96. The Hall–Kier alpha value is -0.120. The molecule has 3 nitrogen and oxygen atoms in total. The molecule has 0 unspecified atom stereocenters. The van der Waals surface area contributed by atoms with Crippen LogP contribution in [-0.4, -0.2) is 44.8 Å². The maximum absolute atomic E-state index is 5.25. The highest BCUT2D eigenvalue weighted by Gasteiger charge is 2.14. The zero-order valence-electron chi connectivity index (χ0n) is 7.96. The monoisotopic (exact) mass is 172 g/mol. The number of nitrogens with zero attached hydrogens (tertiary/aromatic N) is 1. The van der Waals surface area contributed by atoms with Crippen LogP contribution < -0.4 is 5.73 Å². The maximum atomic E-state index is 5.25. The molecule has 0 atom stereocenters. The van der Waals surface area contributed by atoms with Gasteiger partial charge in [-0.25, -0.2) is 0 Å². The zero-order valence-corrected chi connectivity index (χ0v) is 7.96. The summed E-state index contributed by atoms with van der Waals surface area (Å²) in [6.45, 7) is 5.20. The fourth-order valence-electron chi connectivity index (χ4n) is 1.30. The van der Waals surface area contributed by atoms with Gasteiger partial charge in [-0.05, 0) is 39.5 Å². The predicted molar refractivity (Wildman–Crippen MR) is 50.1 cm³/mol. The molecule has 0 aromatic heterocycles. The summed E-state index contributed by atoms with van der Waals surface area (Å²) >= 11 is 0. The van der Waals surface area contributed by atoms with Crippen LogP contribution in [0.2, 0.25) is 0 Å². The second kappa shape index (κ2) is 5.51. The number of hydrogen-bond donors (Lipinski definition) is 1. The average Bonchev–Trinajstić information content (AvgIpc) is 2.38. The van der Waals surface area contributed by atoms with Crippen LogP contribution in [0.15, 0.2) is 0 Å². The highest BCUT2D eigenvalue weighted by Crippen LogP contribution is 2.05. The van der Waals surface area contributed by atoms with Crippen molar-refractivity contribution in [1.82, 2.24) is 4.90 Å². The lowest BCUT2D eigenvalue weighted by molar-refractivity contribution is -0.0268. The zero-order chi connectivity index (χ0) is 8.81. The number of likely N-dealkylation sites (tertiary alicyclic amines) is 1. The minimum atomic E-state index is 0.671. The van der Waals surface area contributed by atoms with Crippen LogP contribution in [0.25, 0.3) is 0 Å². The van der Waals surface area contributed by atoms with E-state index in [9.17, 15) is 0 Å². The van der Waals surface area contributed by atoms with Crippen LogP contribution >= 0.6 is 0 Å². The molecule has 12 heavy (non-hydrogen) atoms. The van der Waals surface area contributed by atoms with Crippen molar-refractivity contribution in [3.8, 4) is 0 Å². The third kappa shape index (κ3) is 3.52. The van der Waals surface area contributed by atoms with E-state index in [0.717, 1.165) is 19.8 Å². The summed E-state index contributed by atoms with van der Waals surface area (Å²) in [5.74, 6) is 0.671. The first-order valence-corrected chi connectivity index (χ1v) is 4.79. The van der Waals surface area contributed by atoms with E-state index in [2.05, 4.69) is 11.9 Å². The fourth-order valence-corrected chi connectivity index (χ4v) is 1.30. The minimum absolute atomic E-state index is 0.671. The number of hydrogen-bond acceptors (Lipinski definition) is 3. The summed E-state index contributed by atoms with van der Waals surface area (Å²) in [5.41, 5.74) is 5.25. The van der Waals surface area contributed by atoms with Gasteiger partial charge in [-0.1, -0.05) is 0 Å². The quantitative estimate of drug-likeness (QED) is 0.618. The van der Waals surface area contributed by atoms with Crippen molar-refractivity contribution in [3.63, 3.8) is 0 Å². The van der Waals surface area contributed by atoms with Gasteiger partial charge in [-0.15, -0.1) is 0 Å². The van der Waals surface area contributed by atoms with Crippen LogP contribution in [0.3, 0.4) is 0 Å². The van der Waals surface area contributed by atoms with E-state index in [0.29, 0.717) is 5.92 Å². The topological polar surface area (TPSA) is 38.5 Å². The number of rotatable bonds is 1. The smallest absolute Gasteiger partial charge is 0.0528 e. The molecule has 3 heteroatoms. The molecule has 0 saturated carbocycles. The molecular weight excluding hydrogens is 152 g/mol. The molecule has 0 aliphatic carbocycles. The van der Waals surface area contributed by atoms with E-state index in [-0.39, 0.29) is 0 Å². The normalized spacial score (nSPS) is 24.5. The Morgan fingerprint density at radius 2 is 1.92 bits per heavy atom. The Labute approximate surface area is 74.9 Å². The van der Waals surface area contributed by atoms with Gasteiger partial charge in [0.1, 0.15) is 0 Å². The first-order valence-electron chi connectivity index (χ1n) is 4.79. The molecule has 0 bridgehead atoms. The maximum Gasteiger partial charge on any atom is 0.0528 e. The highest BCUT2D eigenvalue weighted by molar-refractivity contribution is 4.64. The Kier molecular flexibility index (Phi) is 4.58. The van der Waals surface area contributed by atoms with E-state index < -0.39 is 0 Å². The summed E-state index contributed by atoms with van der Waals surface area (Å²) in [5, 5.41) is 0. The van der Waals surface area contributed by atoms with Gasteiger partial charge >= 0.3 is 0 Å². The third-order valence-corrected chi connectivity index (χ3v) is 2.37. The van der Waals surface area contributed by atoms with E-state index in [1.807, 2.05) is 0 Å². The van der Waals surface area contributed by atoms with Gasteiger partial charge in [0.25, 0.3) is 0 Å². The molecule has 2 aliphatic heterocycles. The van der Waals surface area contributed by atoms with Crippen LogP contribution in [0.4, 0.5) is 0 Å². The Bertz CT molecular complexity index is 106. The molecule has 0 radical (unpaired) electrons. The molecule has 2 saturated heterocycles. The van der Waals surface area contributed by atoms with E-state index in [1.54, 1.807) is 0 Å². The second-order valence-corrected chi connectivity index (χ2v) is 3.65. The van der Waals surface area contributed by atoms with Gasteiger partial charge in [-0.3, -0.25) is 0 Å². The first-order chi connectivity index (χ1) is 5.83. The van der Waals surface area contributed by atoms with Gasteiger partial charge in [0.15, 0.2) is 0 Å². The van der Waals surface area contributed by atoms with E-state index in [4.69, 9.17) is 10.5 Å². The van der Waals surface area contributed by atoms with Gasteiger partial charge in [-0.2, -0.15) is 0 Å². The number of ether oxygens (including phenoxy) is 1. The summed E-state index contributed by atoms with van der Waals surface area (Å²) in [6.07, 6.45) is 2.83. The van der Waals surface area contributed by atoms with Crippen molar-refractivity contribution in [3.05, 3.63) is 0 Å². The fraction of sp³-hybridized carbons (Fsp3) is 1.00. The lowest BCUT2D eigenvalue weighted by Crippen LogP contribution is -2.33. The minimum Gasteiger partial charge on any atom is -0.381 e. The van der Waals surface area contributed by atoms with Crippen LogP contribution in [0, 0.1) is 5.92 Å². The van der Waals surface area contributed by atoms with Crippen LogP contribution in [0.1, 0.15) is 12.8 Å². The molecular formula is C9H20N2O. The molecule has 2 fully saturated rings. The Balaban J connectivity index is 0.000000120. The van der Waals surface area contributed by atoms with Gasteiger partial charge in [0, 0.05) is 5.92 Å². The van der Waals surface area contributed by atoms with Crippen molar-refractivity contribution < 1.29 is 4.74 Å². The highest BCUT2D eigenvalue weighted by atomic mass is 16.5. The standard InChI is InChI=1S/C5H11N.C4H9NO/c1-6-4-2-3-5-6;5-1-4-2-6-3-4/h2-5H2,1H3;4H,1-3,5H2. The lowest BCUT2D eigenvalue weighted by Gasteiger charge is -2.23. The predicted octanol–water partition coefficient (Wildman–Crippen LogP) is 0.304. The van der Waals surface area contributed by atoms with Crippen LogP contribution in [-0.2, 0) is 4.74 Å². The van der Waals surface area contributed by atoms with E-state index >= 15 is 0 Å². The van der Waals surface area contributed by atoms with Gasteiger partial charge < -0.3 is 15.4 Å². The third-order valence-electron chi connectivity index (χ3n) is 2.37. The molecule has 0 aromatic rings. The van der Waals surface area contributed by atoms with Crippen molar-refractivity contribution in [1.29, 1.82) is 0 Å². The summed E-state index contributed by atoms with van der Waals surface area (Å²) < 4.78 is 4.85. The Morgan fingerprint density at radius 1 is 1.33 bits per heavy atom. The van der Waals surface area contributed by atoms with Crippen molar-refractivity contribution >= 4 is 0 Å². The van der Waals surface area contributed by atoms with Crippen molar-refractivity contribution in [2.45, 2.75) is 12.8 Å². The summed E-state index contributed by atoms with van der Waals surface area (Å²) in [7, 11) is 2.17. The number of nitrogens with two attached hydrogens (primary N) is 1. The van der Waals surface area contributed by atoms with Gasteiger partial charge in [0.2, 0.25) is 0 Å². The molecule has 2 heterocycles. The van der Waals surface area contributed by atoms with Gasteiger partial charge in [0.05, 0.1) is 13.2 Å². The lowest BCUT2D eigenvalue weighted by atomic mass is 10.1. The van der Waals surface area contributed by atoms with Crippen molar-refractivity contribution in [2.75, 3.05) is 39.9 Å². The molecule has 2 rings (SSSR count). The molecule has 0 amide bonds.